The topological polar surface area (TPSA) is 46.6 Å². The summed E-state index contributed by atoms with van der Waals surface area (Å²) in [7, 11) is 0. The van der Waals surface area contributed by atoms with E-state index in [4.69, 9.17) is 16.3 Å². The molecule has 1 heterocycles. The van der Waals surface area contributed by atoms with Crippen molar-refractivity contribution in [2.75, 3.05) is 13.2 Å². The Bertz CT molecular complexity index is 794. The minimum atomic E-state index is -0.558. The van der Waals surface area contributed by atoms with Crippen molar-refractivity contribution in [1.82, 2.24) is 4.90 Å². The maximum atomic E-state index is 12.4. The van der Waals surface area contributed by atoms with Gasteiger partial charge in [-0.15, -0.1) is 12.4 Å². The van der Waals surface area contributed by atoms with Crippen LogP contribution in [0.1, 0.15) is 29.9 Å². The third-order valence-electron chi connectivity index (χ3n) is 5.09. The molecule has 0 radical (unpaired) electrons. The van der Waals surface area contributed by atoms with Gasteiger partial charge in [0.05, 0.1) is 0 Å². The Morgan fingerprint density at radius 1 is 1.04 bits per heavy atom. The lowest BCUT2D eigenvalue weighted by atomic mass is 9.98. The van der Waals surface area contributed by atoms with Crippen LogP contribution in [0.25, 0.3) is 11.1 Å². The van der Waals surface area contributed by atoms with Crippen LogP contribution >= 0.6 is 24.0 Å². The quantitative estimate of drug-likeness (QED) is 0.718. The molecule has 1 atom stereocenters. The lowest BCUT2D eigenvalue weighted by Gasteiger charge is -2.22. The summed E-state index contributed by atoms with van der Waals surface area (Å²) in [6, 6.07) is 15.8. The van der Waals surface area contributed by atoms with Crippen molar-refractivity contribution in [3.63, 3.8) is 0 Å². The van der Waals surface area contributed by atoms with Crippen molar-refractivity contribution in [2.45, 2.75) is 24.8 Å². The highest BCUT2D eigenvalue weighted by molar-refractivity contribution is 6.64. The standard InChI is InChI=1S/C20H18ClNO3.ClH/c21-19(23)18-10-5-11-22(18)20(24)25-12-17-15-8-3-1-6-13(15)14-7-2-4-9-16(14)17;/h1-4,6-9,17-18H,5,10-12H2;1H/t18-;/m0./s1. The molecule has 0 N–H and O–H groups in total. The Hall–Kier alpha value is -2.04. The summed E-state index contributed by atoms with van der Waals surface area (Å²) in [6.45, 7) is 0.770. The molecule has 1 fully saturated rings. The highest BCUT2D eigenvalue weighted by atomic mass is 35.5. The molecule has 2 aromatic carbocycles. The monoisotopic (exact) mass is 391 g/mol. The summed E-state index contributed by atoms with van der Waals surface area (Å²) in [5.74, 6) is 0.0177. The van der Waals surface area contributed by atoms with E-state index in [0.717, 1.165) is 6.42 Å². The predicted octanol–water partition coefficient (Wildman–Crippen LogP) is 4.59. The molecular formula is C20H19Cl2NO3. The molecule has 4 nitrogen and oxygen atoms in total. The van der Waals surface area contributed by atoms with Crippen LogP contribution in [-0.4, -0.2) is 35.4 Å². The normalized spacial score (nSPS) is 18.0. The number of likely N-dealkylation sites (tertiary alicyclic amines) is 1. The molecule has 4 rings (SSSR count). The summed E-state index contributed by atoms with van der Waals surface area (Å²) in [6.07, 6.45) is 0.915. The second-order valence-electron chi connectivity index (χ2n) is 6.46. The number of nitrogens with zero attached hydrogens (tertiary/aromatic N) is 1. The number of hydrogen-bond donors (Lipinski definition) is 0. The molecule has 26 heavy (non-hydrogen) atoms. The second kappa shape index (κ2) is 7.68. The van der Waals surface area contributed by atoms with Crippen LogP contribution in [0, 0.1) is 0 Å². The molecule has 2 aromatic rings. The summed E-state index contributed by atoms with van der Waals surface area (Å²) in [5.41, 5.74) is 4.72. The zero-order valence-corrected chi connectivity index (χ0v) is 15.6. The van der Waals surface area contributed by atoms with Gasteiger partial charge >= 0.3 is 6.09 Å². The summed E-state index contributed by atoms with van der Waals surface area (Å²) < 4.78 is 5.58. The van der Waals surface area contributed by atoms with Gasteiger partial charge in [0.25, 0.3) is 0 Å². The van der Waals surface area contributed by atoms with Gasteiger partial charge in [-0.25, -0.2) is 4.79 Å². The largest absolute Gasteiger partial charge is 0.448 e. The van der Waals surface area contributed by atoms with E-state index in [9.17, 15) is 9.59 Å². The van der Waals surface area contributed by atoms with Crippen LogP contribution in [0.3, 0.4) is 0 Å². The highest BCUT2D eigenvalue weighted by Gasteiger charge is 2.35. The third-order valence-corrected chi connectivity index (χ3v) is 5.34. The van der Waals surface area contributed by atoms with E-state index < -0.39 is 17.4 Å². The van der Waals surface area contributed by atoms with Gasteiger partial charge in [0.1, 0.15) is 12.6 Å². The molecule has 1 saturated heterocycles. The first-order chi connectivity index (χ1) is 12.2. The fourth-order valence-corrected chi connectivity index (χ4v) is 4.13. The maximum absolute atomic E-state index is 12.4. The van der Waals surface area contributed by atoms with E-state index in [2.05, 4.69) is 24.3 Å². The van der Waals surface area contributed by atoms with Gasteiger partial charge in [-0.1, -0.05) is 48.5 Å². The molecule has 136 valence electrons. The maximum Gasteiger partial charge on any atom is 0.410 e. The SMILES string of the molecule is Cl.O=C(Cl)[C@@H]1CCCN1C(=O)OCC1c2ccccc2-c2ccccc21. The summed E-state index contributed by atoms with van der Waals surface area (Å²) >= 11 is 5.60. The Labute approximate surface area is 163 Å². The van der Waals surface area contributed by atoms with Crippen LogP contribution in [0.5, 0.6) is 0 Å². The molecular weight excluding hydrogens is 373 g/mol. The van der Waals surface area contributed by atoms with E-state index >= 15 is 0 Å². The minimum Gasteiger partial charge on any atom is -0.448 e. The molecule has 1 amide bonds. The van der Waals surface area contributed by atoms with Crippen LogP contribution in [0.15, 0.2) is 48.5 Å². The lowest BCUT2D eigenvalue weighted by molar-refractivity contribution is -0.115. The number of halogens is 2. The van der Waals surface area contributed by atoms with Gasteiger partial charge in [0, 0.05) is 12.5 Å². The van der Waals surface area contributed by atoms with E-state index in [1.807, 2.05) is 24.3 Å². The molecule has 0 bridgehead atoms. The average molecular weight is 392 g/mol. The van der Waals surface area contributed by atoms with E-state index in [-0.39, 0.29) is 24.9 Å². The molecule has 2 aliphatic rings. The van der Waals surface area contributed by atoms with E-state index in [1.165, 1.54) is 27.2 Å². The van der Waals surface area contributed by atoms with Gasteiger partial charge in [0.15, 0.2) is 0 Å². The van der Waals surface area contributed by atoms with Crippen molar-refractivity contribution in [1.29, 1.82) is 0 Å². The first kappa shape index (κ1) is 18.7. The Balaban J connectivity index is 0.00000196. The van der Waals surface area contributed by atoms with Crippen LogP contribution < -0.4 is 0 Å². The number of rotatable bonds is 3. The molecule has 0 spiro atoms. The van der Waals surface area contributed by atoms with Gasteiger partial charge in [0.2, 0.25) is 5.24 Å². The molecule has 1 aliphatic carbocycles. The van der Waals surface area contributed by atoms with Crippen molar-refractivity contribution in [3.8, 4) is 11.1 Å². The number of carbonyl (C=O) groups is 2. The van der Waals surface area contributed by atoms with Gasteiger partial charge in [-0.2, -0.15) is 0 Å². The minimum absolute atomic E-state index is 0. The Morgan fingerprint density at radius 3 is 2.19 bits per heavy atom. The zero-order valence-electron chi connectivity index (χ0n) is 14.1. The molecule has 0 aromatic heterocycles. The molecule has 1 aliphatic heterocycles. The Morgan fingerprint density at radius 2 is 1.62 bits per heavy atom. The van der Waals surface area contributed by atoms with Gasteiger partial charge in [-0.05, 0) is 46.7 Å². The average Bonchev–Trinajstić information content (AvgIpc) is 3.23. The van der Waals surface area contributed by atoms with E-state index in [0.29, 0.717) is 13.0 Å². The number of carbonyl (C=O) groups excluding carboxylic acids is 2. The molecule has 0 saturated carbocycles. The van der Waals surface area contributed by atoms with Crippen molar-refractivity contribution < 1.29 is 14.3 Å². The summed E-state index contributed by atoms with van der Waals surface area (Å²) in [5, 5.41) is -0.494. The number of amides is 1. The second-order valence-corrected chi connectivity index (χ2v) is 6.83. The number of benzene rings is 2. The summed E-state index contributed by atoms with van der Waals surface area (Å²) in [4.78, 5) is 25.3. The smallest absolute Gasteiger partial charge is 0.410 e. The Kier molecular flexibility index (Phi) is 5.54. The first-order valence-electron chi connectivity index (χ1n) is 8.48. The fraction of sp³-hybridized carbons (Fsp3) is 0.300. The van der Waals surface area contributed by atoms with Crippen LogP contribution in [0.2, 0.25) is 0 Å². The molecule has 6 heteroatoms. The van der Waals surface area contributed by atoms with Crippen molar-refractivity contribution in [3.05, 3.63) is 59.7 Å². The van der Waals surface area contributed by atoms with Gasteiger partial charge in [-0.3, -0.25) is 9.69 Å². The van der Waals surface area contributed by atoms with Gasteiger partial charge < -0.3 is 4.74 Å². The predicted molar refractivity (Wildman–Crippen MR) is 103 cm³/mol. The third kappa shape index (κ3) is 3.19. The first-order valence-corrected chi connectivity index (χ1v) is 8.85. The van der Waals surface area contributed by atoms with Crippen molar-refractivity contribution >= 4 is 35.3 Å². The fourth-order valence-electron chi connectivity index (χ4n) is 3.90. The lowest BCUT2D eigenvalue weighted by Crippen LogP contribution is -2.39. The van der Waals surface area contributed by atoms with Crippen molar-refractivity contribution in [2.24, 2.45) is 0 Å². The number of ether oxygens (including phenoxy) is 1. The number of hydrogen-bond acceptors (Lipinski definition) is 3. The number of fused-ring (bicyclic) bond motifs is 3. The zero-order chi connectivity index (χ0) is 17.4. The highest BCUT2D eigenvalue weighted by Crippen LogP contribution is 2.44. The van der Waals surface area contributed by atoms with Crippen LogP contribution in [0.4, 0.5) is 4.79 Å². The van der Waals surface area contributed by atoms with E-state index in [1.54, 1.807) is 0 Å². The molecule has 0 unspecified atom stereocenters. The van der Waals surface area contributed by atoms with Crippen LogP contribution in [-0.2, 0) is 9.53 Å².